The number of hydrogen-bond acceptors (Lipinski definition) is 3. The molecule has 0 aliphatic heterocycles. The average molecular weight is 317 g/mol. The quantitative estimate of drug-likeness (QED) is 0.770. The molecular formula is C16H13F2N3O2. The number of alkyl halides is 2. The van der Waals surface area contributed by atoms with Crippen LogP contribution in [-0.2, 0) is 0 Å². The Balaban J connectivity index is 1.85. The zero-order valence-electron chi connectivity index (χ0n) is 12.1. The van der Waals surface area contributed by atoms with E-state index >= 15 is 0 Å². The van der Waals surface area contributed by atoms with E-state index in [0.29, 0.717) is 11.1 Å². The minimum Gasteiger partial charge on any atom is -0.435 e. The van der Waals surface area contributed by atoms with Crippen molar-refractivity contribution in [1.82, 2.24) is 10.2 Å². The fraction of sp³-hybridized carbons (Fsp3) is 0.125. The molecule has 0 radical (unpaired) electrons. The molecule has 0 atom stereocenters. The zero-order valence-corrected chi connectivity index (χ0v) is 12.1. The van der Waals surface area contributed by atoms with Gasteiger partial charge < -0.3 is 10.1 Å². The second-order valence-corrected chi connectivity index (χ2v) is 4.98. The van der Waals surface area contributed by atoms with Gasteiger partial charge in [0.25, 0.3) is 5.91 Å². The highest BCUT2D eigenvalue weighted by Crippen LogP contribution is 2.22. The molecule has 0 saturated heterocycles. The minimum atomic E-state index is -2.92. The fourth-order valence-corrected chi connectivity index (χ4v) is 2.24. The van der Waals surface area contributed by atoms with E-state index in [1.165, 1.54) is 18.2 Å². The summed E-state index contributed by atoms with van der Waals surface area (Å²) in [6, 6.07) is 11.4. The average Bonchev–Trinajstić information content (AvgIpc) is 2.89. The molecule has 0 spiro atoms. The summed E-state index contributed by atoms with van der Waals surface area (Å²) < 4.78 is 28.8. The molecule has 118 valence electrons. The lowest BCUT2D eigenvalue weighted by atomic mass is 10.1. The number of benzene rings is 2. The highest BCUT2D eigenvalue weighted by atomic mass is 19.3. The third-order valence-corrected chi connectivity index (χ3v) is 3.25. The third kappa shape index (κ3) is 3.28. The van der Waals surface area contributed by atoms with E-state index in [1.54, 1.807) is 6.07 Å². The van der Waals surface area contributed by atoms with Gasteiger partial charge in [-0.3, -0.25) is 9.89 Å². The molecule has 7 heteroatoms. The number of carbonyl (C=O) groups is 1. The normalized spacial score (nSPS) is 11.0. The number of H-pyrrole nitrogens is 1. The number of carbonyl (C=O) groups excluding carboxylic acids is 1. The summed E-state index contributed by atoms with van der Waals surface area (Å²) in [7, 11) is 0. The smallest absolute Gasteiger partial charge is 0.387 e. The van der Waals surface area contributed by atoms with Gasteiger partial charge >= 0.3 is 6.61 Å². The predicted molar refractivity (Wildman–Crippen MR) is 81.9 cm³/mol. The van der Waals surface area contributed by atoms with Crippen LogP contribution in [0, 0.1) is 6.92 Å². The molecule has 0 saturated carbocycles. The maximum absolute atomic E-state index is 12.4. The monoisotopic (exact) mass is 317 g/mol. The minimum absolute atomic E-state index is 0.0273. The van der Waals surface area contributed by atoms with Crippen LogP contribution in [0.5, 0.6) is 5.75 Å². The molecular weight excluding hydrogens is 304 g/mol. The highest BCUT2D eigenvalue weighted by Gasteiger charge is 2.15. The zero-order chi connectivity index (χ0) is 16.4. The first-order valence-electron chi connectivity index (χ1n) is 6.84. The Morgan fingerprint density at radius 2 is 2.09 bits per heavy atom. The molecule has 2 aromatic carbocycles. The first kappa shape index (κ1) is 15.0. The maximum Gasteiger partial charge on any atom is 0.387 e. The van der Waals surface area contributed by atoms with Crippen molar-refractivity contribution in [3.8, 4) is 5.75 Å². The summed E-state index contributed by atoms with van der Waals surface area (Å²) in [6.07, 6.45) is 0. The van der Waals surface area contributed by atoms with Crippen LogP contribution in [0.2, 0.25) is 0 Å². The summed E-state index contributed by atoms with van der Waals surface area (Å²) in [5.41, 5.74) is 2.33. The number of halogens is 2. The molecule has 1 aromatic heterocycles. The molecule has 0 aliphatic rings. The molecule has 2 N–H and O–H groups in total. The van der Waals surface area contributed by atoms with Gasteiger partial charge in [-0.05, 0) is 31.2 Å². The van der Waals surface area contributed by atoms with Gasteiger partial charge in [-0.15, -0.1) is 0 Å². The number of aromatic amines is 1. The molecule has 5 nitrogen and oxygen atoms in total. The summed E-state index contributed by atoms with van der Waals surface area (Å²) in [5.74, 6) is -0.462. The number of amides is 1. The van der Waals surface area contributed by atoms with Crippen molar-refractivity contribution >= 4 is 22.5 Å². The topological polar surface area (TPSA) is 67.0 Å². The molecule has 0 aliphatic carbocycles. The predicted octanol–water partition coefficient (Wildman–Crippen LogP) is 3.73. The van der Waals surface area contributed by atoms with E-state index in [4.69, 9.17) is 0 Å². The highest BCUT2D eigenvalue weighted by molar-refractivity contribution is 6.11. The van der Waals surface area contributed by atoms with Crippen LogP contribution in [0.4, 0.5) is 14.5 Å². The molecule has 1 heterocycles. The van der Waals surface area contributed by atoms with Crippen LogP contribution >= 0.6 is 0 Å². The van der Waals surface area contributed by atoms with Gasteiger partial charge in [-0.25, -0.2) is 0 Å². The van der Waals surface area contributed by atoms with Crippen LogP contribution < -0.4 is 10.1 Å². The number of aryl methyl sites for hydroxylation is 1. The van der Waals surface area contributed by atoms with Gasteiger partial charge in [0.1, 0.15) is 5.75 Å². The van der Waals surface area contributed by atoms with Crippen LogP contribution in [0.3, 0.4) is 0 Å². The van der Waals surface area contributed by atoms with Gasteiger partial charge in [-0.1, -0.05) is 17.7 Å². The van der Waals surface area contributed by atoms with Crippen molar-refractivity contribution < 1.29 is 18.3 Å². The Labute approximate surface area is 130 Å². The standard InChI is InChI=1S/C16H13F2N3O2/c1-9-5-6-13-12(7-9)14(21-20-13)15(22)19-10-3-2-4-11(8-10)23-16(17)18/h2-8,16H,1H3,(H,19,22)(H,20,21). The lowest BCUT2D eigenvalue weighted by Gasteiger charge is -2.07. The molecule has 23 heavy (non-hydrogen) atoms. The number of hydrogen-bond donors (Lipinski definition) is 2. The Bertz CT molecular complexity index is 861. The number of nitrogens with zero attached hydrogens (tertiary/aromatic N) is 1. The summed E-state index contributed by atoms with van der Waals surface area (Å²) in [4.78, 5) is 12.4. The largest absolute Gasteiger partial charge is 0.435 e. The van der Waals surface area contributed by atoms with E-state index in [-0.39, 0.29) is 11.4 Å². The van der Waals surface area contributed by atoms with Crippen molar-refractivity contribution in [1.29, 1.82) is 0 Å². The van der Waals surface area contributed by atoms with E-state index in [2.05, 4.69) is 20.3 Å². The van der Waals surface area contributed by atoms with Gasteiger partial charge in [0.15, 0.2) is 5.69 Å². The van der Waals surface area contributed by atoms with Gasteiger partial charge in [-0.2, -0.15) is 13.9 Å². The van der Waals surface area contributed by atoms with Crippen LogP contribution in [0.25, 0.3) is 10.9 Å². The lowest BCUT2D eigenvalue weighted by Crippen LogP contribution is -2.13. The second kappa shape index (κ2) is 6.04. The lowest BCUT2D eigenvalue weighted by molar-refractivity contribution is -0.0497. The molecule has 0 bridgehead atoms. The van der Waals surface area contributed by atoms with Crippen LogP contribution in [0.15, 0.2) is 42.5 Å². The summed E-state index contributed by atoms with van der Waals surface area (Å²) in [6.45, 7) is -1.00. The molecule has 1 amide bonds. The first-order valence-corrected chi connectivity index (χ1v) is 6.84. The fourth-order valence-electron chi connectivity index (χ4n) is 2.24. The van der Waals surface area contributed by atoms with Gasteiger partial charge in [0.05, 0.1) is 5.52 Å². The number of aromatic nitrogens is 2. The Morgan fingerprint density at radius 3 is 2.87 bits per heavy atom. The molecule has 0 unspecified atom stereocenters. The maximum atomic E-state index is 12.4. The van der Waals surface area contributed by atoms with Crippen molar-refractivity contribution in [2.24, 2.45) is 0 Å². The van der Waals surface area contributed by atoms with Crippen LogP contribution in [-0.4, -0.2) is 22.7 Å². The van der Waals surface area contributed by atoms with Crippen LogP contribution in [0.1, 0.15) is 16.1 Å². The van der Waals surface area contributed by atoms with Gasteiger partial charge in [0, 0.05) is 17.1 Å². The van der Waals surface area contributed by atoms with E-state index < -0.39 is 12.5 Å². The molecule has 3 aromatic rings. The first-order chi connectivity index (χ1) is 11.0. The Hall–Kier alpha value is -2.96. The van der Waals surface area contributed by atoms with Crippen molar-refractivity contribution in [2.75, 3.05) is 5.32 Å². The van der Waals surface area contributed by atoms with Gasteiger partial charge in [0.2, 0.25) is 0 Å². The molecule has 0 fully saturated rings. The van der Waals surface area contributed by atoms with Crippen molar-refractivity contribution in [3.05, 3.63) is 53.7 Å². The third-order valence-electron chi connectivity index (χ3n) is 3.25. The number of fused-ring (bicyclic) bond motifs is 1. The number of nitrogens with one attached hydrogen (secondary N) is 2. The number of ether oxygens (including phenoxy) is 1. The van der Waals surface area contributed by atoms with Crippen molar-refractivity contribution in [2.45, 2.75) is 13.5 Å². The number of rotatable bonds is 4. The second-order valence-electron chi connectivity index (χ2n) is 4.98. The SMILES string of the molecule is Cc1ccc2[nH]nc(C(=O)Nc3cccc(OC(F)F)c3)c2c1. The Kier molecular flexibility index (Phi) is 3.92. The van der Waals surface area contributed by atoms with E-state index in [1.807, 2.05) is 25.1 Å². The summed E-state index contributed by atoms with van der Waals surface area (Å²) in [5, 5.41) is 10.1. The Morgan fingerprint density at radius 1 is 1.26 bits per heavy atom. The van der Waals surface area contributed by atoms with E-state index in [0.717, 1.165) is 11.1 Å². The van der Waals surface area contributed by atoms with Crippen molar-refractivity contribution in [3.63, 3.8) is 0 Å². The molecule has 3 rings (SSSR count). The number of anilines is 1. The summed E-state index contributed by atoms with van der Waals surface area (Å²) >= 11 is 0. The van der Waals surface area contributed by atoms with E-state index in [9.17, 15) is 13.6 Å².